The first-order valence-electron chi connectivity index (χ1n) is 14.0. The minimum atomic E-state index is -0.594. The molecule has 3 aliphatic heterocycles. The van der Waals surface area contributed by atoms with E-state index in [-0.39, 0.29) is 52.2 Å². The lowest BCUT2D eigenvalue weighted by Crippen LogP contribution is -2.50. The maximum atomic E-state index is 12.6. The standard InChI is InChI=1S/C18H13NO6.C14H14N2O4/c1-24-17(22)10-3-6-12(7-4-10)19-15(20)13-8-5-11(18(23)25-2)9-14(13)16(19)21;1-15-11(17)7-5-3-4-6(8(7)12(15)18)10-9(5)13(19)16(2)14(10)20/h3-9H,1-2H3;3-10H,1-2H3. The first-order chi connectivity index (χ1) is 21.4. The normalized spacial score (nSPS) is 27.3. The Kier molecular flexibility index (Phi) is 6.98. The van der Waals surface area contributed by atoms with Crippen LogP contribution in [0.5, 0.6) is 0 Å². The number of anilines is 1. The molecule has 45 heavy (non-hydrogen) atoms. The van der Waals surface area contributed by atoms with Gasteiger partial charge in [0.1, 0.15) is 0 Å². The van der Waals surface area contributed by atoms with Crippen molar-refractivity contribution in [1.82, 2.24) is 9.80 Å². The van der Waals surface area contributed by atoms with Crippen LogP contribution in [0, 0.1) is 35.5 Å². The topological polar surface area (TPSA) is 165 Å². The molecule has 3 aliphatic carbocycles. The Morgan fingerprint density at radius 3 is 1.42 bits per heavy atom. The van der Waals surface area contributed by atoms with E-state index < -0.39 is 47.4 Å². The highest BCUT2D eigenvalue weighted by molar-refractivity contribution is 6.34. The molecule has 2 aromatic carbocycles. The van der Waals surface area contributed by atoms with E-state index >= 15 is 0 Å². The summed E-state index contributed by atoms with van der Waals surface area (Å²) >= 11 is 0. The van der Waals surface area contributed by atoms with Crippen LogP contribution >= 0.6 is 0 Å². The van der Waals surface area contributed by atoms with Gasteiger partial charge in [-0.1, -0.05) is 12.2 Å². The highest BCUT2D eigenvalue weighted by Crippen LogP contribution is 2.57. The number of likely N-dealkylation sites (tertiary alicyclic amines) is 2. The minimum Gasteiger partial charge on any atom is -0.465 e. The SMILES string of the molecule is CN1C(=O)C2C3C=CC(C2C1=O)C1C(=O)N(C)C(=O)C31.COC(=O)c1ccc(N2C(=O)c3ccc(C(=O)OC)cc3C2=O)cc1. The second-order valence-electron chi connectivity index (χ2n) is 11.3. The van der Waals surface area contributed by atoms with Gasteiger partial charge in [-0.25, -0.2) is 14.5 Å². The van der Waals surface area contributed by atoms with E-state index in [4.69, 9.17) is 0 Å². The van der Waals surface area contributed by atoms with Crippen molar-refractivity contribution in [3.63, 3.8) is 0 Å². The molecule has 230 valence electrons. The van der Waals surface area contributed by atoms with Gasteiger partial charge in [0.15, 0.2) is 0 Å². The monoisotopic (exact) mass is 613 g/mol. The van der Waals surface area contributed by atoms with E-state index in [9.17, 15) is 38.4 Å². The lowest BCUT2D eigenvalue weighted by atomic mass is 9.54. The number of hydrogen-bond acceptors (Lipinski definition) is 10. The van der Waals surface area contributed by atoms with E-state index in [2.05, 4.69) is 9.47 Å². The molecule has 0 radical (unpaired) electrons. The van der Waals surface area contributed by atoms with Crippen LogP contribution in [0.25, 0.3) is 0 Å². The fourth-order valence-electron chi connectivity index (χ4n) is 7.11. The fourth-order valence-corrected chi connectivity index (χ4v) is 7.11. The second-order valence-corrected chi connectivity index (χ2v) is 11.3. The van der Waals surface area contributed by atoms with E-state index in [1.165, 1.54) is 70.8 Å². The smallest absolute Gasteiger partial charge is 0.337 e. The maximum absolute atomic E-state index is 12.6. The van der Waals surface area contributed by atoms with Gasteiger partial charge in [0, 0.05) is 25.9 Å². The number of methoxy groups -OCH3 is 2. The van der Waals surface area contributed by atoms with Gasteiger partial charge in [-0.05, 0) is 42.5 Å². The molecule has 3 heterocycles. The molecule has 1 saturated carbocycles. The number of amides is 6. The summed E-state index contributed by atoms with van der Waals surface area (Å²) < 4.78 is 9.23. The summed E-state index contributed by atoms with van der Waals surface area (Å²) in [7, 11) is 5.46. The molecule has 6 aliphatic rings. The van der Waals surface area contributed by atoms with Crippen molar-refractivity contribution in [1.29, 1.82) is 0 Å². The number of imide groups is 3. The molecule has 0 spiro atoms. The summed E-state index contributed by atoms with van der Waals surface area (Å²) in [5.74, 6) is -5.52. The zero-order chi connectivity index (χ0) is 32.5. The number of carbonyl (C=O) groups excluding carboxylic acids is 8. The van der Waals surface area contributed by atoms with Crippen LogP contribution in [-0.2, 0) is 28.7 Å². The number of fused-ring (bicyclic) bond motifs is 1. The summed E-state index contributed by atoms with van der Waals surface area (Å²) in [6.45, 7) is 0. The van der Waals surface area contributed by atoms with Gasteiger partial charge in [0.25, 0.3) is 11.8 Å². The Labute approximate surface area is 256 Å². The number of esters is 2. The zero-order valence-corrected chi connectivity index (χ0v) is 24.6. The Balaban J connectivity index is 0.000000162. The summed E-state index contributed by atoms with van der Waals surface area (Å²) in [5.41, 5.74) is 1.14. The lowest BCUT2D eigenvalue weighted by molar-refractivity contribution is -0.138. The van der Waals surface area contributed by atoms with E-state index in [1.54, 1.807) is 0 Å². The van der Waals surface area contributed by atoms with Crippen molar-refractivity contribution in [3.05, 3.63) is 76.9 Å². The largest absolute Gasteiger partial charge is 0.465 e. The molecule has 3 fully saturated rings. The molecule has 0 N–H and O–H groups in total. The molecule has 6 amide bonds. The summed E-state index contributed by atoms with van der Waals surface area (Å²) in [5, 5.41) is 0. The van der Waals surface area contributed by atoms with Crippen molar-refractivity contribution in [3.8, 4) is 0 Å². The molecule has 2 saturated heterocycles. The molecule has 13 heteroatoms. The molecule has 4 unspecified atom stereocenters. The van der Waals surface area contributed by atoms with Crippen LogP contribution in [0.15, 0.2) is 54.6 Å². The minimum absolute atomic E-state index is 0.130. The highest BCUT2D eigenvalue weighted by Gasteiger charge is 2.67. The van der Waals surface area contributed by atoms with E-state index in [0.717, 1.165) is 14.7 Å². The number of ether oxygens (including phenoxy) is 2. The number of rotatable bonds is 3. The third-order valence-electron chi connectivity index (χ3n) is 9.31. The van der Waals surface area contributed by atoms with Gasteiger partial charge in [-0.15, -0.1) is 0 Å². The number of hydrogen-bond donors (Lipinski definition) is 0. The first kappa shape index (κ1) is 29.6. The molecule has 13 nitrogen and oxygen atoms in total. The zero-order valence-electron chi connectivity index (χ0n) is 24.6. The third kappa shape index (κ3) is 4.21. The van der Waals surface area contributed by atoms with Crippen LogP contribution in [0.1, 0.15) is 41.4 Å². The lowest BCUT2D eigenvalue weighted by Gasteiger charge is -2.44. The number of carbonyl (C=O) groups is 8. The van der Waals surface area contributed by atoms with Crippen molar-refractivity contribution in [2.75, 3.05) is 33.2 Å². The van der Waals surface area contributed by atoms with Crippen molar-refractivity contribution >= 4 is 53.1 Å². The Hall–Kier alpha value is -5.46. The average Bonchev–Trinajstić information content (AvgIpc) is 3.57. The average molecular weight is 614 g/mol. The second kappa shape index (κ2) is 10.6. The van der Waals surface area contributed by atoms with Gasteiger partial charge >= 0.3 is 11.9 Å². The van der Waals surface area contributed by atoms with Gasteiger partial charge in [0.2, 0.25) is 23.6 Å². The molecule has 2 aromatic rings. The molecule has 0 aromatic heterocycles. The Bertz CT molecular complexity index is 1670. The van der Waals surface area contributed by atoms with Crippen LogP contribution in [-0.4, -0.2) is 85.5 Å². The predicted molar refractivity (Wildman–Crippen MR) is 152 cm³/mol. The summed E-state index contributed by atoms with van der Waals surface area (Å²) in [6.07, 6.45) is 3.73. The highest BCUT2D eigenvalue weighted by atomic mass is 16.5. The first-order valence-corrected chi connectivity index (χ1v) is 14.0. The van der Waals surface area contributed by atoms with Crippen LogP contribution in [0.2, 0.25) is 0 Å². The number of benzene rings is 2. The summed E-state index contributed by atoms with van der Waals surface area (Å²) in [4.78, 5) is 101. The van der Waals surface area contributed by atoms with Gasteiger partial charge < -0.3 is 9.47 Å². The van der Waals surface area contributed by atoms with Crippen molar-refractivity contribution < 1.29 is 47.8 Å². The molecule has 2 bridgehead atoms. The molecular weight excluding hydrogens is 586 g/mol. The van der Waals surface area contributed by atoms with E-state index in [0.29, 0.717) is 11.3 Å². The fraction of sp³-hybridized carbons (Fsp3) is 0.312. The number of nitrogens with zero attached hydrogens (tertiary/aromatic N) is 3. The van der Waals surface area contributed by atoms with Gasteiger partial charge in [-0.3, -0.25) is 38.6 Å². The molecular formula is C32H27N3O10. The van der Waals surface area contributed by atoms with Crippen LogP contribution in [0.4, 0.5) is 5.69 Å². The Morgan fingerprint density at radius 1 is 0.578 bits per heavy atom. The van der Waals surface area contributed by atoms with Gasteiger partial charge in [0.05, 0.1) is 65.8 Å². The maximum Gasteiger partial charge on any atom is 0.337 e. The van der Waals surface area contributed by atoms with Crippen LogP contribution < -0.4 is 4.90 Å². The van der Waals surface area contributed by atoms with Crippen molar-refractivity contribution in [2.24, 2.45) is 35.5 Å². The van der Waals surface area contributed by atoms with Crippen LogP contribution in [0.3, 0.4) is 0 Å². The summed E-state index contributed by atoms with van der Waals surface area (Å²) in [6, 6.07) is 10.1. The third-order valence-corrected chi connectivity index (χ3v) is 9.31. The molecule has 8 rings (SSSR count). The molecule has 4 atom stereocenters. The van der Waals surface area contributed by atoms with E-state index in [1.807, 2.05) is 12.2 Å². The Morgan fingerprint density at radius 2 is 0.978 bits per heavy atom. The van der Waals surface area contributed by atoms with Crippen molar-refractivity contribution in [2.45, 2.75) is 0 Å². The quantitative estimate of drug-likeness (QED) is 0.280. The predicted octanol–water partition coefficient (Wildman–Crippen LogP) is 1.32. The van der Waals surface area contributed by atoms with Gasteiger partial charge in [-0.2, -0.15) is 0 Å². The number of allylic oxidation sites excluding steroid dienone is 2.